The summed E-state index contributed by atoms with van der Waals surface area (Å²) in [7, 11) is 0. The highest BCUT2D eigenvalue weighted by molar-refractivity contribution is 6.18. The predicted molar refractivity (Wildman–Crippen MR) is 258 cm³/mol. The Kier molecular flexibility index (Phi) is 6.91. The molecule has 2 aliphatic heterocycles. The Morgan fingerprint density at radius 2 is 0.698 bits per heavy atom. The predicted octanol–water partition coefficient (Wildman–Crippen LogP) is 14.1. The van der Waals surface area contributed by atoms with Gasteiger partial charge in [0.1, 0.15) is 16.9 Å². The number of H-pyrrole nitrogens is 2. The second-order valence-electron chi connectivity index (χ2n) is 16.8. The summed E-state index contributed by atoms with van der Waals surface area (Å²) in [5, 5.41) is 12.9. The molecule has 2 aliphatic rings. The van der Waals surface area contributed by atoms with Crippen molar-refractivity contribution in [2.75, 3.05) is 0 Å². The number of benzene rings is 9. The molecule has 0 saturated carbocycles. The number of fused-ring (bicyclic) bond motifs is 24. The average molecular weight is 804 g/mol. The van der Waals surface area contributed by atoms with Crippen LogP contribution in [0.1, 0.15) is 5.56 Å². The van der Waals surface area contributed by atoms with Crippen molar-refractivity contribution < 1.29 is 0 Å². The van der Waals surface area contributed by atoms with Gasteiger partial charge in [0.25, 0.3) is 0 Å². The van der Waals surface area contributed by atoms with Crippen LogP contribution < -0.4 is 0 Å². The fraction of sp³-hybridized carbons (Fsp3) is 0.0179. The molecule has 14 rings (SSSR count). The average Bonchev–Trinajstić information content (AvgIpc) is 4.04. The molecular formula is C56H33N7. The van der Waals surface area contributed by atoms with E-state index in [-0.39, 0.29) is 0 Å². The van der Waals surface area contributed by atoms with Crippen LogP contribution in [0.2, 0.25) is 0 Å². The summed E-state index contributed by atoms with van der Waals surface area (Å²) < 4.78 is 0. The van der Waals surface area contributed by atoms with Gasteiger partial charge in [-0.25, -0.2) is 24.9 Å². The lowest BCUT2D eigenvalue weighted by Gasteiger charge is -2.09. The summed E-state index contributed by atoms with van der Waals surface area (Å²) in [5.41, 5.74) is 10.8. The van der Waals surface area contributed by atoms with Gasteiger partial charge in [0.15, 0.2) is 17.5 Å². The van der Waals surface area contributed by atoms with Crippen LogP contribution in [0.4, 0.5) is 0 Å². The molecule has 0 unspecified atom stereocenters. The summed E-state index contributed by atoms with van der Waals surface area (Å²) in [5.74, 6) is 1.81. The minimum absolute atomic E-state index is 0.587. The van der Waals surface area contributed by atoms with Crippen LogP contribution in [0.3, 0.4) is 0 Å². The summed E-state index contributed by atoms with van der Waals surface area (Å²) in [4.78, 5) is 34.9. The van der Waals surface area contributed by atoms with Crippen molar-refractivity contribution in [2.24, 2.45) is 0 Å². The van der Waals surface area contributed by atoms with Crippen molar-refractivity contribution >= 4 is 87.1 Å². The number of rotatable bonds is 1. The highest BCUT2D eigenvalue weighted by Gasteiger charge is 2.26. The molecule has 0 spiro atoms. The summed E-state index contributed by atoms with van der Waals surface area (Å²) in [6.45, 7) is 2.12. The third-order valence-electron chi connectivity index (χ3n) is 12.9. The third kappa shape index (κ3) is 5.17. The van der Waals surface area contributed by atoms with Crippen LogP contribution in [0, 0.1) is 6.92 Å². The van der Waals surface area contributed by atoms with Crippen molar-refractivity contribution in [3.8, 4) is 56.5 Å². The first-order chi connectivity index (χ1) is 31.1. The van der Waals surface area contributed by atoms with E-state index >= 15 is 0 Å². The molecule has 0 aliphatic carbocycles. The van der Waals surface area contributed by atoms with Gasteiger partial charge in [-0.05, 0) is 104 Å². The van der Waals surface area contributed by atoms with Gasteiger partial charge in [0, 0.05) is 49.4 Å². The van der Waals surface area contributed by atoms with Crippen molar-refractivity contribution in [3.63, 3.8) is 0 Å². The Morgan fingerprint density at radius 3 is 1.17 bits per heavy atom. The van der Waals surface area contributed by atoms with Crippen LogP contribution in [-0.2, 0) is 0 Å². The molecule has 3 aromatic heterocycles. The highest BCUT2D eigenvalue weighted by atomic mass is 15.0. The van der Waals surface area contributed by atoms with Crippen LogP contribution >= 0.6 is 0 Å². The van der Waals surface area contributed by atoms with Gasteiger partial charge < -0.3 is 9.97 Å². The van der Waals surface area contributed by atoms with Crippen LogP contribution in [-0.4, -0.2) is 34.9 Å². The fourth-order valence-corrected chi connectivity index (χ4v) is 9.80. The first-order valence-corrected chi connectivity index (χ1v) is 21.2. The van der Waals surface area contributed by atoms with Gasteiger partial charge in [-0.15, -0.1) is 0 Å². The van der Waals surface area contributed by atoms with Crippen LogP contribution in [0.5, 0.6) is 0 Å². The lowest BCUT2D eigenvalue weighted by Crippen LogP contribution is -1.87. The molecule has 0 fully saturated rings. The Morgan fingerprint density at radius 1 is 0.333 bits per heavy atom. The second-order valence-corrected chi connectivity index (χ2v) is 16.8. The zero-order valence-electron chi connectivity index (χ0n) is 33.9. The maximum absolute atomic E-state index is 5.60. The van der Waals surface area contributed by atoms with Gasteiger partial charge in [-0.2, -0.15) is 0 Å². The molecule has 5 heterocycles. The highest BCUT2D eigenvalue weighted by Crippen LogP contribution is 2.46. The molecule has 8 bridgehead atoms. The standard InChI is InChI=1S/C56H33N7/c1-30-18-20-31(21-19-30)48-49-40-22-32-10-2-4-12-34(32)24-42(40)51(57-49)59-53-44-26-36-14-6-8-16-38(36)28-46(44)55(61-53)63-56-47-29-39-17-9-7-15-37(39)27-45(47)54(62-56)60-52-43-25-35-13-5-3-11-33(35)23-41(43)50(48)58-52/h2-29H,1H3,(H2,57,58,59,60,61,62,63). The summed E-state index contributed by atoms with van der Waals surface area (Å²) >= 11 is 0. The Bertz CT molecular complexity index is 4160. The number of hydrogen-bond donors (Lipinski definition) is 2. The zero-order valence-corrected chi connectivity index (χ0v) is 33.9. The smallest absolute Gasteiger partial charge is 0.164 e. The molecular weight excluding hydrogens is 771 g/mol. The van der Waals surface area contributed by atoms with E-state index in [4.69, 9.17) is 24.9 Å². The van der Waals surface area contributed by atoms with Crippen molar-refractivity contribution in [2.45, 2.75) is 6.92 Å². The minimum Gasteiger partial charge on any atom is -0.339 e. The van der Waals surface area contributed by atoms with Crippen molar-refractivity contribution in [1.29, 1.82) is 0 Å². The maximum Gasteiger partial charge on any atom is 0.164 e. The van der Waals surface area contributed by atoms with E-state index in [0.717, 1.165) is 109 Å². The first kappa shape index (κ1) is 34.2. The second kappa shape index (κ2) is 12.7. The van der Waals surface area contributed by atoms with Gasteiger partial charge in [-0.3, -0.25) is 0 Å². The fourth-order valence-electron chi connectivity index (χ4n) is 9.80. The topological polar surface area (TPSA) is 96.0 Å². The van der Waals surface area contributed by atoms with Gasteiger partial charge >= 0.3 is 0 Å². The van der Waals surface area contributed by atoms with Gasteiger partial charge in [-0.1, -0.05) is 127 Å². The van der Waals surface area contributed by atoms with E-state index in [9.17, 15) is 0 Å². The molecule has 63 heavy (non-hydrogen) atoms. The maximum atomic E-state index is 5.60. The molecule has 292 valence electrons. The van der Waals surface area contributed by atoms with Gasteiger partial charge in [0.2, 0.25) is 0 Å². The summed E-state index contributed by atoms with van der Waals surface area (Å²) in [6.07, 6.45) is 0. The number of hydrogen-bond acceptors (Lipinski definition) is 5. The Hall–Kier alpha value is -8.55. The molecule has 12 aromatic rings. The number of nitrogens with zero attached hydrogens (tertiary/aromatic N) is 5. The number of aryl methyl sites for hydroxylation is 1. The number of nitrogens with one attached hydrogen (secondary N) is 2. The molecule has 0 amide bonds. The van der Waals surface area contributed by atoms with Crippen LogP contribution in [0.25, 0.3) is 144 Å². The van der Waals surface area contributed by atoms with E-state index in [0.29, 0.717) is 34.4 Å². The van der Waals surface area contributed by atoms with Crippen molar-refractivity contribution in [1.82, 2.24) is 34.9 Å². The molecule has 0 saturated heterocycles. The lowest BCUT2D eigenvalue weighted by atomic mass is 9.94. The largest absolute Gasteiger partial charge is 0.339 e. The van der Waals surface area contributed by atoms with E-state index in [1.54, 1.807) is 0 Å². The first-order valence-electron chi connectivity index (χ1n) is 21.2. The summed E-state index contributed by atoms with van der Waals surface area (Å²) in [6, 6.07) is 60.4. The normalized spacial score (nSPS) is 12.2. The SMILES string of the molecule is Cc1ccc(-c2c3nc(nc4[nH]c(nc5nc(nc6[nH]c2c2cc7ccccc7cc62)-c2cc6ccccc6cc2-5)c2cc5ccccc5cc42)-c2cc4ccccc4cc2-3)cc1. The molecule has 0 atom stereocenters. The number of aromatic nitrogens is 7. The minimum atomic E-state index is 0.587. The molecule has 0 radical (unpaired) electrons. The Balaban J connectivity index is 1.24. The molecule has 2 N–H and O–H groups in total. The quantitative estimate of drug-likeness (QED) is 0.172. The molecule has 7 heteroatoms. The third-order valence-corrected chi connectivity index (χ3v) is 12.9. The van der Waals surface area contributed by atoms with E-state index in [1.807, 2.05) is 0 Å². The van der Waals surface area contributed by atoms with Crippen LogP contribution in [0.15, 0.2) is 170 Å². The monoisotopic (exact) mass is 803 g/mol. The Labute approximate surface area is 359 Å². The number of aromatic amines is 2. The molecule has 9 aromatic carbocycles. The lowest BCUT2D eigenvalue weighted by molar-refractivity contribution is 1.21. The molecule has 7 nitrogen and oxygen atoms in total. The van der Waals surface area contributed by atoms with E-state index < -0.39 is 0 Å². The van der Waals surface area contributed by atoms with E-state index in [1.165, 1.54) is 5.56 Å². The van der Waals surface area contributed by atoms with Crippen molar-refractivity contribution in [3.05, 3.63) is 175 Å². The zero-order chi connectivity index (χ0) is 41.3. The van der Waals surface area contributed by atoms with E-state index in [2.05, 4.69) is 187 Å². The van der Waals surface area contributed by atoms with Gasteiger partial charge in [0.05, 0.1) is 11.2 Å².